The number of rotatable bonds is 4. The highest BCUT2D eigenvalue weighted by Crippen LogP contribution is 2.38. The first-order chi connectivity index (χ1) is 9.26. The van der Waals surface area contributed by atoms with E-state index in [9.17, 15) is 0 Å². The fraction of sp³-hybridized carbons (Fsp3) is 0.231. The van der Waals surface area contributed by atoms with Crippen molar-refractivity contribution in [3.05, 3.63) is 40.5 Å². The Bertz CT molecular complexity index is 666. The van der Waals surface area contributed by atoms with Crippen LogP contribution in [0.4, 0.5) is 0 Å². The monoisotopic (exact) mass is 354 g/mol. The van der Waals surface area contributed by atoms with E-state index in [4.69, 9.17) is 4.74 Å². The highest BCUT2D eigenvalue weighted by Gasteiger charge is 2.14. The molecule has 0 radical (unpaired) electrons. The minimum atomic E-state index is 0.275. The third-order valence-corrected chi connectivity index (χ3v) is 6.09. The number of methoxy groups -OCH3 is 1. The maximum absolute atomic E-state index is 5.12. The molecule has 3 heterocycles. The van der Waals surface area contributed by atoms with Crippen LogP contribution >= 0.6 is 38.6 Å². The van der Waals surface area contributed by atoms with Gasteiger partial charge in [0.25, 0.3) is 0 Å². The lowest BCUT2D eigenvalue weighted by Crippen LogP contribution is -1.98. The lowest BCUT2D eigenvalue weighted by molar-refractivity contribution is 0.396. The predicted octanol–water partition coefficient (Wildman–Crippen LogP) is 4.44. The van der Waals surface area contributed by atoms with Crippen LogP contribution in [0.25, 0.3) is 9.40 Å². The summed E-state index contributed by atoms with van der Waals surface area (Å²) in [5.41, 5.74) is 0.977. The maximum Gasteiger partial charge on any atom is 0.216 e. The first-order valence-corrected chi connectivity index (χ1v) is 8.33. The van der Waals surface area contributed by atoms with Gasteiger partial charge in [0.2, 0.25) is 5.88 Å². The molecule has 0 N–H and O–H groups in total. The van der Waals surface area contributed by atoms with Gasteiger partial charge < -0.3 is 4.74 Å². The summed E-state index contributed by atoms with van der Waals surface area (Å²) < 4.78 is 7.82. The van der Waals surface area contributed by atoms with Crippen LogP contribution in [0.15, 0.2) is 29.9 Å². The van der Waals surface area contributed by atoms with Gasteiger partial charge in [-0.25, -0.2) is 9.97 Å². The summed E-state index contributed by atoms with van der Waals surface area (Å²) in [6.45, 7) is 0. The number of hydrogen-bond acceptors (Lipinski definition) is 5. The average molecular weight is 355 g/mol. The van der Waals surface area contributed by atoms with Crippen molar-refractivity contribution in [2.75, 3.05) is 7.11 Å². The molecular weight excluding hydrogens is 344 g/mol. The van der Waals surface area contributed by atoms with Crippen molar-refractivity contribution in [2.24, 2.45) is 0 Å². The summed E-state index contributed by atoms with van der Waals surface area (Å²) >= 11 is 7.36. The zero-order valence-electron chi connectivity index (χ0n) is 10.2. The van der Waals surface area contributed by atoms with Crippen LogP contribution in [0.2, 0.25) is 0 Å². The first kappa shape index (κ1) is 13.0. The third-order valence-electron chi connectivity index (χ3n) is 2.76. The lowest BCUT2D eigenvalue weighted by Gasteiger charge is -2.07. The van der Waals surface area contributed by atoms with E-state index < -0.39 is 0 Å². The van der Waals surface area contributed by atoms with E-state index in [2.05, 4.69) is 43.4 Å². The van der Waals surface area contributed by atoms with Crippen LogP contribution in [0, 0.1) is 0 Å². The quantitative estimate of drug-likeness (QED) is 0.649. The molecule has 1 unspecified atom stereocenters. The van der Waals surface area contributed by atoms with Gasteiger partial charge in [0, 0.05) is 32.5 Å². The summed E-state index contributed by atoms with van der Waals surface area (Å²) in [7, 11) is 1.62. The van der Waals surface area contributed by atoms with Gasteiger partial charge in [-0.3, -0.25) is 0 Å². The topological polar surface area (TPSA) is 35.0 Å². The Hall–Kier alpha value is -0.980. The molecule has 0 aliphatic rings. The minimum Gasteiger partial charge on any atom is -0.481 e. The maximum atomic E-state index is 5.12. The summed E-state index contributed by atoms with van der Waals surface area (Å²) in [6.07, 6.45) is 2.37. The van der Waals surface area contributed by atoms with E-state index in [1.165, 1.54) is 14.3 Å². The molecule has 0 aliphatic heterocycles. The molecule has 3 rings (SSSR count). The van der Waals surface area contributed by atoms with Gasteiger partial charge in [0.05, 0.1) is 11.9 Å². The molecule has 6 heteroatoms. The second-order valence-electron chi connectivity index (χ2n) is 4.02. The van der Waals surface area contributed by atoms with E-state index in [0.29, 0.717) is 5.88 Å². The number of hydrogen-bond donors (Lipinski definition) is 0. The molecule has 19 heavy (non-hydrogen) atoms. The zero-order chi connectivity index (χ0) is 13.2. The van der Waals surface area contributed by atoms with Crippen molar-refractivity contribution in [2.45, 2.75) is 11.2 Å². The van der Waals surface area contributed by atoms with Gasteiger partial charge in [-0.1, -0.05) is 15.9 Å². The third kappa shape index (κ3) is 2.80. The standard InChI is InChI=1S/C13H11BrN2OS2/c1-17-13-5-8(15-7-16-13)4-9(14)11-6-12-10(19-11)2-3-18-12/h2-3,5-7,9H,4H2,1H3. The molecule has 0 fully saturated rings. The van der Waals surface area contributed by atoms with Crippen molar-refractivity contribution >= 4 is 48.0 Å². The molecule has 0 saturated heterocycles. The van der Waals surface area contributed by atoms with Gasteiger partial charge >= 0.3 is 0 Å². The fourth-order valence-corrected chi connectivity index (χ4v) is 4.67. The van der Waals surface area contributed by atoms with Crippen molar-refractivity contribution in [1.82, 2.24) is 9.97 Å². The molecule has 1 atom stereocenters. The SMILES string of the molecule is COc1cc(CC(Br)c2cc3sccc3s2)ncn1. The van der Waals surface area contributed by atoms with Crippen LogP contribution in [0.3, 0.4) is 0 Å². The van der Waals surface area contributed by atoms with E-state index in [1.807, 2.05) is 17.4 Å². The second-order valence-corrected chi connectivity index (χ2v) is 7.19. The number of ether oxygens (including phenoxy) is 1. The van der Waals surface area contributed by atoms with Crippen molar-refractivity contribution in [1.29, 1.82) is 0 Å². The second kappa shape index (κ2) is 5.56. The van der Waals surface area contributed by atoms with E-state index in [0.717, 1.165) is 12.1 Å². The molecule has 0 bridgehead atoms. The Morgan fingerprint density at radius 3 is 3.00 bits per heavy atom. The minimum absolute atomic E-state index is 0.275. The Kier molecular flexibility index (Phi) is 3.81. The number of nitrogens with zero attached hydrogens (tertiary/aromatic N) is 2. The van der Waals surface area contributed by atoms with Gasteiger partial charge in [-0.05, 0) is 17.5 Å². The van der Waals surface area contributed by atoms with Gasteiger partial charge in [0.1, 0.15) is 6.33 Å². The van der Waals surface area contributed by atoms with Crippen LogP contribution in [-0.4, -0.2) is 17.1 Å². The van der Waals surface area contributed by atoms with E-state index >= 15 is 0 Å². The average Bonchev–Trinajstić information content (AvgIpc) is 2.99. The van der Waals surface area contributed by atoms with E-state index in [-0.39, 0.29) is 4.83 Å². The highest BCUT2D eigenvalue weighted by molar-refractivity contribution is 9.09. The van der Waals surface area contributed by atoms with Crippen LogP contribution in [-0.2, 0) is 6.42 Å². The summed E-state index contributed by atoms with van der Waals surface area (Å²) in [5, 5.41) is 2.13. The van der Waals surface area contributed by atoms with Crippen LogP contribution < -0.4 is 4.74 Å². The number of thiophene rings is 2. The molecule has 0 spiro atoms. The van der Waals surface area contributed by atoms with Crippen LogP contribution in [0.5, 0.6) is 5.88 Å². The number of alkyl halides is 1. The molecule has 3 aromatic heterocycles. The molecule has 3 aromatic rings. The summed E-state index contributed by atoms with van der Waals surface area (Å²) in [6, 6.07) is 6.30. The van der Waals surface area contributed by atoms with E-state index in [1.54, 1.807) is 24.8 Å². The Morgan fingerprint density at radius 1 is 1.32 bits per heavy atom. The lowest BCUT2D eigenvalue weighted by atomic mass is 10.2. The van der Waals surface area contributed by atoms with Crippen molar-refractivity contribution in [3.8, 4) is 5.88 Å². The predicted molar refractivity (Wildman–Crippen MR) is 83.7 cm³/mol. The molecule has 0 saturated carbocycles. The zero-order valence-corrected chi connectivity index (χ0v) is 13.4. The molecule has 98 valence electrons. The Morgan fingerprint density at radius 2 is 2.21 bits per heavy atom. The van der Waals surface area contributed by atoms with Crippen LogP contribution in [0.1, 0.15) is 15.4 Å². The fourth-order valence-electron chi connectivity index (χ4n) is 1.82. The van der Waals surface area contributed by atoms with Gasteiger partial charge in [-0.15, -0.1) is 22.7 Å². The summed E-state index contributed by atoms with van der Waals surface area (Å²) in [4.78, 5) is 9.91. The molecule has 3 nitrogen and oxygen atoms in total. The van der Waals surface area contributed by atoms with Gasteiger partial charge in [-0.2, -0.15) is 0 Å². The molecule has 0 aliphatic carbocycles. The normalized spacial score (nSPS) is 12.7. The number of aromatic nitrogens is 2. The number of halogens is 1. The smallest absolute Gasteiger partial charge is 0.216 e. The van der Waals surface area contributed by atoms with Gasteiger partial charge in [0.15, 0.2) is 0 Å². The van der Waals surface area contributed by atoms with Crippen molar-refractivity contribution < 1.29 is 4.74 Å². The Balaban J connectivity index is 1.80. The first-order valence-electron chi connectivity index (χ1n) is 5.72. The summed E-state index contributed by atoms with van der Waals surface area (Å²) in [5.74, 6) is 0.608. The Labute approximate surface area is 127 Å². The molecular formula is C13H11BrN2OS2. The molecule has 0 amide bonds. The molecule has 0 aromatic carbocycles. The van der Waals surface area contributed by atoms with Crippen molar-refractivity contribution in [3.63, 3.8) is 0 Å². The largest absolute Gasteiger partial charge is 0.481 e. The highest BCUT2D eigenvalue weighted by atomic mass is 79.9. The number of fused-ring (bicyclic) bond motifs is 1.